The molecule has 27 heavy (non-hydrogen) atoms. The summed E-state index contributed by atoms with van der Waals surface area (Å²) in [6, 6.07) is 0.200. The zero-order chi connectivity index (χ0) is 22.9. The number of rotatable bonds is 0. The molecule has 0 spiro atoms. The fourth-order valence-electron chi connectivity index (χ4n) is 0.693. The van der Waals surface area contributed by atoms with Crippen LogP contribution in [0, 0.1) is 23.3 Å². The molecule has 0 bridgehead atoms. The van der Waals surface area contributed by atoms with Gasteiger partial charge in [-0.1, -0.05) is 0 Å². The van der Waals surface area contributed by atoms with E-state index >= 15 is 0 Å². The molecular formula is C6H13B4F4NaO12. The molecule has 12 N–H and O–H groups in total. The van der Waals surface area contributed by atoms with Crippen LogP contribution in [0.3, 0.4) is 0 Å². The van der Waals surface area contributed by atoms with Gasteiger partial charge in [0.15, 0.2) is 0 Å². The quantitative estimate of drug-likeness (QED) is 0.107. The Morgan fingerprint density at radius 3 is 0.815 bits per heavy atom. The van der Waals surface area contributed by atoms with Crippen LogP contribution < -0.4 is 2.81 Å². The van der Waals surface area contributed by atoms with E-state index in [1.54, 1.807) is 0 Å². The van der Waals surface area contributed by atoms with Crippen molar-refractivity contribution in [3.63, 3.8) is 0 Å². The average Bonchev–Trinajstić information content (AvgIpc) is 2.40. The number of halogens is 4. The third kappa shape index (κ3) is 37.2. The molecule has 1 aromatic carbocycles. The van der Waals surface area contributed by atoms with Gasteiger partial charge >= 0.3 is 107 Å². The minimum Gasteiger partial charge on any atom is -0.402 e. The van der Waals surface area contributed by atoms with Gasteiger partial charge in [-0.15, -0.1) is 0 Å². The van der Waals surface area contributed by atoms with Crippen LogP contribution in [0.5, 0.6) is 0 Å². The van der Waals surface area contributed by atoms with Gasteiger partial charge in [0, 0.05) is 0 Å². The van der Waals surface area contributed by atoms with Crippen molar-refractivity contribution < 1.29 is 77.8 Å². The first-order valence-corrected chi connectivity index (χ1v) is 6.93. The Kier molecular flexibility index (Phi) is 25.9. The second-order valence-electron chi connectivity index (χ2n) is 3.48. The molecule has 21 heteroatoms. The van der Waals surface area contributed by atoms with Gasteiger partial charge in [0.1, 0.15) is 0 Å². The van der Waals surface area contributed by atoms with Gasteiger partial charge in [-0.2, -0.15) is 0 Å². The minimum absolute atomic E-state index is 0.0544. The summed E-state index contributed by atoms with van der Waals surface area (Å²) in [5.74, 6) is -5.24. The Hall–Kier alpha value is -0.280. The van der Waals surface area contributed by atoms with Crippen LogP contribution in [-0.4, -0.2) is 118 Å². The van der Waals surface area contributed by atoms with Crippen molar-refractivity contribution in [1.29, 1.82) is 0 Å². The van der Waals surface area contributed by atoms with E-state index in [4.69, 9.17) is 60.3 Å². The van der Waals surface area contributed by atoms with Crippen molar-refractivity contribution in [3.8, 4) is 0 Å². The van der Waals surface area contributed by atoms with Crippen molar-refractivity contribution >= 4 is 60.0 Å². The Labute approximate surface area is 167 Å². The molecule has 0 unspecified atom stereocenters. The molecule has 12 nitrogen and oxygen atoms in total. The molecule has 0 atom stereocenters. The van der Waals surface area contributed by atoms with Gasteiger partial charge in [-0.25, -0.2) is 0 Å². The van der Waals surface area contributed by atoms with Crippen LogP contribution in [-0.2, 0) is 0 Å². The first-order chi connectivity index (χ1) is 12.0. The van der Waals surface area contributed by atoms with Crippen molar-refractivity contribution in [2.45, 2.75) is 0 Å². The molecule has 0 heterocycles. The molecule has 150 valence electrons. The fraction of sp³-hybridized carbons (Fsp3) is 0. The van der Waals surface area contributed by atoms with Gasteiger partial charge in [0.25, 0.3) is 0 Å². The summed E-state index contributed by atoms with van der Waals surface area (Å²) in [6.45, 7) is 0. The van der Waals surface area contributed by atoms with Gasteiger partial charge in [-0.3, -0.25) is 0 Å². The van der Waals surface area contributed by atoms with E-state index in [1.165, 1.54) is 0 Å². The van der Waals surface area contributed by atoms with Gasteiger partial charge in [0.2, 0.25) is 0 Å². The van der Waals surface area contributed by atoms with Crippen molar-refractivity contribution in [2.24, 2.45) is 0 Å². The molecule has 1 aromatic rings. The first-order valence-electron chi connectivity index (χ1n) is 5.93. The number of hydrogen-bond acceptors (Lipinski definition) is 12. The molecule has 1 rings (SSSR count). The zero-order valence-electron chi connectivity index (χ0n) is 13.3. The summed E-state index contributed by atoms with van der Waals surface area (Å²) in [7, 11) is -8.67. The fourth-order valence-corrected chi connectivity index (χ4v) is 1.17. The molecule has 0 fully saturated rings. The Bertz CT molecular complexity index is 426. The maximum absolute atomic E-state index is 12.4. The largest absolute Gasteiger partial charge is 0.631 e. The van der Waals surface area contributed by atoms with Crippen LogP contribution in [0.1, 0.15) is 0 Å². The predicted molar refractivity (Wildman–Crippen MR) is 81.3 cm³/mol. The second kappa shape index (κ2) is 20.5. The van der Waals surface area contributed by atoms with E-state index in [1.807, 2.05) is 0 Å². The molecule has 0 aliphatic rings. The number of hydrogen-bond donors (Lipinski definition) is 12. The molecule has 0 amide bonds. The maximum Gasteiger partial charge on any atom is 0.631 e. The SMILES string of the molecule is Fc1cc(F)c(F)[c]([Na])c1F.OB(O)O.OB(O)O.OB(O)O.OB(O)O. The zero-order valence-corrected chi connectivity index (χ0v) is 15.3. The van der Waals surface area contributed by atoms with E-state index in [9.17, 15) is 17.6 Å². The first kappa shape index (κ1) is 34.2. The smallest absolute Gasteiger partial charge is 0.402 e. The summed E-state index contributed by atoms with van der Waals surface area (Å²) in [6.07, 6.45) is 0. The van der Waals surface area contributed by atoms with Gasteiger partial charge in [-0.05, 0) is 0 Å². The summed E-state index contributed by atoms with van der Waals surface area (Å²) in [4.78, 5) is 0. The molecule has 0 aromatic heterocycles. The van der Waals surface area contributed by atoms with Crippen LogP contribution in [0.2, 0.25) is 0 Å². The standard InChI is InChI=1S/C6HF4.4BH3O3.Na/c7-3-1-4(8)6(10)2-5(3)9;4*2-1(3)4;/h1H;4*2-4H;. The average molecular weight is 419 g/mol. The summed E-state index contributed by atoms with van der Waals surface area (Å²) >= 11 is -0.0544. The van der Waals surface area contributed by atoms with Crippen molar-refractivity contribution in [3.05, 3.63) is 29.3 Å². The summed E-state index contributed by atoms with van der Waals surface area (Å²) in [5.41, 5.74) is 0. The Balaban J connectivity index is -0.000000139. The monoisotopic (exact) mass is 420 g/mol. The van der Waals surface area contributed by atoms with E-state index in [0.29, 0.717) is 0 Å². The van der Waals surface area contributed by atoms with Crippen LogP contribution in [0.25, 0.3) is 0 Å². The third-order valence-electron chi connectivity index (χ3n) is 1.33. The van der Waals surface area contributed by atoms with Crippen LogP contribution >= 0.6 is 0 Å². The number of benzene rings is 1. The Morgan fingerprint density at radius 2 is 0.667 bits per heavy atom. The summed E-state index contributed by atoms with van der Waals surface area (Å²) in [5, 5.41) is 86.0. The normalized spacial score (nSPS) is 8.22. The second-order valence-corrected chi connectivity index (χ2v) is 4.48. The van der Waals surface area contributed by atoms with Crippen molar-refractivity contribution in [1.82, 2.24) is 0 Å². The third-order valence-corrected chi connectivity index (χ3v) is 2.21. The van der Waals surface area contributed by atoms with Crippen molar-refractivity contribution in [2.75, 3.05) is 0 Å². The van der Waals surface area contributed by atoms with E-state index < -0.39 is 55.4 Å². The van der Waals surface area contributed by atoms with Crippen LogP contribution in [0.4, 0.5) is 17.6 Å². The predicted octanol–water partition coefficient (Wildman–Crippen LogP) is -7.17. The van der Waals surface area contributed by atoms with Crippen LogP contribution in [0.15, 0.2) is 6.07 Å². The van der Waals surface area contributed by atoms with Gasteiger partial charge < -0.3 is 60.3 Å². The molecule has 0 saturated carbocycles. The van der Waals surface area contributed by atoms with E-state index in [0.717, 1.165) is 0 Å². The molecule has 0 aliphatic heterocycles. The van der Waals surface area contributed by atoms with E-state index in [-0.39, 0.29) is 34.0 Å². The molecule has 0 aliphatic carbocycles. The summed E-state index contributed by atoms with van der Waals surface area (Å²) < 4.78 is 48.9. The Morgan fingerprint density at radius 1 is 0.519 bits per heavy atom. The molecule has 0 radical (unpaired) electrons. The maximum atomic E-state index is 12.4. The molecule has 0 saturated heterocycles. The molecular weight excluding hydrogens is 406 g/mol. The van der Waals surface area contributed by atoms with E-state index in [2.05, 4.69) is 0 Å². The van der Waals surface area contributed by atoms with Gasteiger partial charge in [0.05, 0.1) is 0 Å². The topological polar surface area (TPSA) is 243 Å². The minimum atomic E-state index is -2.17.